The number of nitrogens with two attached hydrogens (primary N) is 1. The molecular weight excluding hydrogens is 360 g/mol. The molecule has 0 aromatic heterocycles. The number of benzene rings is 2. The Morgan fingerprint density at radius 3 is 2.40 bits per heavy atom. The van der Waals surface area contributed by atoms with E-state index in [1.165, 1.54) is 12.1 Å². The van der Waals surface area contributed by atoms with Gasteiger partial charge in [0.2, 0.25) is 10.0 Å². The molecule has 25 heavy (non-hydrogen) atoms. The van der Waals surface area contributed by atoms with Crippen LogP contribution in [0.25, 0.3) is 0 Å². The zero-order valence-corrected chi connectivity index (χ0v) is 15.4. The molecule has 6 nitrogen and oxygen atoms in total. The van der Waals surface area contributed by atoms with Gasteiger partial charge in [-0.25, -0.2) is 13.6 Å². The normalized spacial score (nSPS) is 12.0. The molecule has 0 saturated carbocycles. The summed E-state index contributed by atoms with van der Waals surface area (Å²) in [6.45, 7) is 1.20. The van der Waals surface area contributed by atoms with E-state index >= 15 is 0 Å². The summed E-state index contributed by atoms with van der Waals surface area (Å²) in [6.07, 6.45) is 0.781. The van der Waals surface area contributed by atoms with Crippen molar-refractivity contribution in [3.8, 4) is 0 Å². The van der Waals surface area contributed by atoms with Crippen molar-refractivity contribution < 1.29 is 8.42 Å². The Kier molecular flexibility index (Phi) is 6.81. The van der Waals surface area contributed by atoms with E-state index in [1.807, 2.05) is 24.3 Å². The van der Waals surface area contributed by atoms with E-state index in [0.29, 0.717) is 19.0 Å². The monoisotopic (exact) mass is 380 g/mol. The number of nitrogens with one attached hydrogen (secondary N) is 2. The number of sulfonamides is 1. The standard InChI is InChI=1S/C17H21ClN4O2S/c1-20-17(21-11-10-14-4-2-3-5-16(14)18)22-12-13-6-8-15(9-7-13)25(19,23)24/h2-9H,10-12H2,1H3,(H2,19,23,24)(H2,20,21,22). The topological polar surface area (TPSA) is 96.6 Å². The molecule has 0 bridgehead atoms. The minimum Gasteiger partial charge on any atom is -0.356 e. The van der Waals surface area contributed by atoms with Crippen LogP contribution in [0.5, 0.6) is 0 Å². The van der Waals surface area contributed by atoms with Gasteiger partial charge >= 0.3 is 0 Å². The number of halogens is 1. The maximum absolute atomic E-state index is 11.2. The van der Waals surface area contributed by atoms with Crippen molar-refractivity contribution in [1.82, 2.24) is 10.6 Å². The lowest BCUT2D eigenvalue weighted by Crippen LogP contribution is -2.37. The van der Waals surface area contributed by atoms with Gasteiger partial charge < -0.3 is 10.6 Å². The molecule has 0 heterocycles. The van der Waals surface area contributed by atoms with Gasteiger partial charge in [-0.1, -0.05) is 41.9 Å². The fourth-order valence-electron chi connectivity index (χ4n) is 2.22. The summed E-state index contributed by atoms with van der Waals surface area (Å²) >= 11 is 6.13. The van der Waals surface area contributed by atoms with Crippen LogP contribution >= 0.6 is 11.6 Å². The highest BCUT2D eigenvalue weighted by atomic mass is 35.5. The molecule has 0 fully saturated rings. The fourth-order valence-corrected chi connectivity index (χ4v) is 2.97. The first-order chi connectivity index (χ1) is 11.9. The molecule has 0 spiro atoms. The van der Waals surface area contributed by atoms with Crippen LogP contribution in [0.3, 0.4) is 0 Å². The van der Waals surface area contributed by atoms with Crippen LogP contribution in [0, 0.1) is 0 Å². The summed E-state index contributed by atoms with van der Waals surface area (Å²) in [4.78, 5) is 4.25. The van der Waals surface area contributed by atoms with Gasteiger partial charge in [0.15, 0.2) is 5.96 Å². The van der Waals surface area contributed by atoms with Crippen LogP contribution in [-0.4, -0.2) is 28.0 Å². The maximum atomic E-state index is 11.2. The average Bonchev–Trinajstić information content (AvgIpc) is 2.59. The van der Waals surface area contributed by atoms with Crippen molar-refractivity contribution in [2.75, 3.05) is 13.6 Å². The second-order valence-electron chi connectivity index (χ2n) is 5.38. The summed E-state index contributed by atoms with van der Waals surface area (Å²) in [5, 5.41) is 12.2. The molecule has 0 unspecified atom stereocenters. The number of hydrogen-bond donors (Lipinski definition) is 3. The Bertz CT molecular complexity index is 836. The summed E-state index contributed by atoms with van der Waals surface area (Å²) in [5.74, 6) is 0.655. The van der Waals surface area contributed by atoms with Crippen molar-refractivity contribution in [2.24, 2.45) is 10.1 Å². The van der Waals surface area contributed by atoms with Gasteiger partial charge in [-0.3, -0.25) is 4.99 Å². The summed E-state index contributed by atoms with van der Waals surface area (Å²) in [7, 11) is -1.98. The third-order valence-corrected chi connectivity index (χ3v) is 4.88. The van der Waals surface area contributed by atoms with Gasteiger partial charge in [0.05, 0.1) is 4.90 Å². The van der Waals surface area contributed by atoms with Gasteiger partial charge in [-0.15, -0.1) is 0 Å². The third-order valence-electron chi connectivity index (χ3n) is 3.58. The molecule has 0 amide bonds. The Labute approximate surface area is 153 Å². The van der Waals surface area contributed by atoms with Gasteiger partial charge in [0, 0.05) is 25.2 Å². The van der Waals surface area contributed by atoms with Crippen LogP contribution in [0.2, 0.25) is 5.02 Å². The van der Waals surface area contributed by atoms with Crippen molar-refractivity contribution in [2.45, 2.75) is 17.9 Å². The minimum absolute atomic E-state index is 0.0958. The Morgan fingerprint density at radius 1 is 1.12 bits per heavy atom. The first-order valence-corrected chi connectivity index (χ1v) is 9.62. The molecular formula is C17H21ClN4O2S. The fraction of sp³-hybridized carbons (Fsp3) is 0.235. The first-order valence-electron chi connectivity index (χ1n) is 7.70. The molecule has 0 atom stereocenters. The average molecular weight is 381 g/mol. The van der Waals surface area contributed by atoms with E-state index in [4.69, 9.17) is 16.7 Å². The predicted octanol–water partition coefficient (Wildman–Crippen LogP) is 1.90. The second-order valence-corrected chi connectivity index (χ2v) is 7.35. The van der Waals surface area contributed by atoms with Crippen molar-refractivity contribution in [3.63, 3.8) is 0 Å². The zero-order valence-electron chi connectivity index (χ0n) is 13.9. The molecule has 134 valence electrons. The van der Waals surface area contributed by atoms with Crippen LogP contribution in [0.15, 0.2) is 58.4 Å². The van der Waals surface area contributed by atoms with E-state index in [0.717, 1.165) is 22.6 Å². The van der Waals surface area contributed by atoms with Crippen LogP contribution in [-0.2, 0) is 23.0 Å². The number of hydrogen-bond acceptors (Lipinski definition) is 3. The molecule has 0 saturated heterocycles. The van der Waals surface area contributed by atoms with E-state index in [-0.39, 0.29) is 4.90 Å². The Hall–Kier alpha value is -2.09. The second kappa shape index (κ2) is 8.84. The first kappa shape index (κ1) is 19.2. The van der Waals surface area contributed by atoms with E-state index in [1.54, 1.807) is 19.2 Å². The molecule has 4 N–H and O–H groups in total. The van der Waals surface area contributed by atoms with Gasteiger partial charge in [0.25, 0.3) is 0 Å². The minimum atomic E-state index is -3.66. The molecule has 2 rings (SSSR count). The highest BCUT2D eigenvalue weighted by Crippen LogP contribution is 2.14. The number of rotatable bonds is 6. The SMILES string of the molecule is CN=C(NCCc1ccccc1Cl)NCc1ccc(S(N)(=O)=O)cc1. The zero-order chi connectivity index (χ0) is 18.3. The van der Waals surface area contributed by atoms with Gasteiger partial charge in [0.1, 0.15) is 0 Å². The van der Waals surface area contributed by atoms with Gasteiger partial charge in [-0.2, -0.15) is 0 Å². The van der Waals surface area contributed by atoms with Crippen LogP contribution in [0.4, 0.5) is 0 Å². The highest BCUT2D eigenvalue weighted by Gasteiger charge is 2.07. The van der Waals surface area contributed by atoms with Gasteiger partial charge in [-0.05, 0) is 35.7 Å². The predicted molar refractivity (Wildman–Crippen MR) is 101 cm³/mol. The molecule has 2 aromatic carbocycles. The molecule has 0 radical (unpaired) electrons. The van der Waals surface area contributed by atoms with Crippen molar-refractivity contribution in [3.05, 3.63) is 64.7 Å². The number of guanidine groups is 1. The number of nitrogens with zero attached hydrogens (tertiary/aromatic N) is 1. The lowest BCUT2D eigenvalue weighted by Gasteiger charge is -2.12. The Morgan fingerprint density at radius 2 is 1.80 bits per heavy atom. The maximum Gasteiger partial charge on any atom is 0.238 e. The van der Waals surface area contributed by atoms with Crippen molar-refractivity contribution in [1.29, 1.82) is 0 Å². The lowest BCUT2D eigenvalue weighted by molar-refractivity contribution is 0.597. The Balaban J connectivity index is 1.83. The van der Waals surface area contributed by atoms with E-state index in [2.05, 4.69) is 15.6 Å². The van der Waals surface area contributed by atoms with Crippen LogP contribution in [0.1, 0.15) is 11.1 Å². The highest BCUT2D eigenvalue weighted by molar-refractivity contribution is 7.89. The molecule has 0 aliphatic heterocycles. The van der Waals surface area contributed by atoms with Crippen LogP contribution < -0.4 is 15.8 Å². The largest absolute Gasteiger partial charge is 0.356 e. The number of aliphatic imine (C=N–C) groups is 1. The van der Waals surface area contributed by atoms with E-state index < -0.39 is 10.0 Å². The van der Waals surface area contributed by atoms with E-state index in [9.17, 15) is 8.42 Å². The molecule has 2 aromatic rings. The number of primary sulfonamides is 1. The molecule has 0 aliphatic rings. The molecule has 0 aliphatic carbocycles. The summed E-state index contributed by atoms with van der Waals surface area (Å²) in [6, 6.07) is 14.1. The quantitative estimate of drug-likeness (QED) is 0.526. The smallest absolute Gasteiger partial charge is 0.238 e. The summed E-state index contributed by atoms with van der Waals surface area (Å²) < 4.78 is 22.5. The lowest BCUT2D eigenvalue weighted by atomic mass is 10.1. The van der Waals surface area contributed by atoms with Crippen molar-refractivity contribution >= 4 is 27.6 Å². The third kappa shape index (κ3) is 6.04. The summed E-state index contributed by atoms with van der Waals surface area (Å²) in [5.41, 5.74) is 1.99. The molecule has 8 heteroatoms.